The van der Waals surface area contributed by atoms with Gasteiger partial charge in [0, 0.05) is 0 Å². The van der Waals surface area contributed by atoms with E-state index in [1.807, 2.05) is 6.92 Å². The second-order valence-corrected chi connectivity index (χ2v) is 3.30. The van der Waals surface area contributed by atoms with Gasteiger partial charge in [-0.2, -0.15) is 11.8 Å². The highest BCUT2D eigenvalue weighted by molar-refractivity contribution is 7.99. The van der Waals surface area contributed by atoms with Gasteiger partial charge in [0.15, 0.2) is 0 Å². The van der Waals surface area contributed by atoms with Crippen molar-refractivity contribution in [2.24, 2.45) is 5.73 Å². The van der Waals surface area contributed by atoms with Gasteiger partial charge in [0.1, 0.15) is 6.04 Å². The maximum absolute atomic E-state index is 10.6. The molecular weight excluding hydrogens is 150 g/mol. The van der Waals surface area contributed by atoms with Crippen LogP contribution in [0.1, 0.15) is 13.3 Å². The number of hydrogen-bond acceptors (Lipinski definition) is 4. The monoisotopic (exact) mass is 164 g/mol. The first-order valence-corrected chi connectivity index (χ1v) is 4.38. The van der Waals surface area contributed by atoms with Gasteiger partial charge in [-0.1, -0.05) is 6.92 Å². The number of nitrogens with two attached hydrogens (primary N) is 1. The molecule has 0 spiro atoms. The molecule has 0 radical (unpaired) electrons. The van der Waals surface area contributed by atoms with E-state index >= 15 is 0 Å². The van der Waals surface area contributed by atoms with Crippen LogP contribution in [0.15, 0.2) is 0 Å². The molecule has 3 nitrogen and oxygen atoms in total. The van der Waals surface area contributed by atoms with E-state index in [0.29, 0.717) is 6.42 Å². The fraction of sp³-hybridized carbons (Fsp3) is 0.833. The minimum absolute atomic E-state index is 0.580. The molecule has 0 saturated carbocycles. The van der Waals surface area contributed by atoms with Crippen LogP contribution in [0.5, 0.6) is 0 Å². The van der Waals surface area contributed by atoms with Crippen molar-refractivity contribution in [1.29, 1.82) is 1.43 Å². The van der Waals surface area contributed by atoms with Crippen LogP contribution in [-0.4, -0.2) is 28.6 Å². The Morgan fingerprint density at radius 1 is 2.00 bits per heavy atom. The number of carboxylic acid groups (broad SMARTS) is 1. The van der Waals surface area contributed by atoms with E-state index < -0.39 is 12.0 Å². The topological polar surface area (TPSA) is 63.3 Å². The lowest BCUT2D eigenvalue weighted by Crippen LogP contribution is -2.30. The molecule has 0 aliphatic carbocycles. The lowest BCUT2D eigenvalue weighted by molar-refractivity contribution is -0.138. The number of carbonyl (C=O) groups is 1. The summed E-state index contributed by atoms with van der Waals surface area (Å²) < 4.78 is 6.28. The van der Waals surface area contributed by atoms with Crippen LogP contribution in [0.25, 0.3) is 1.43 Å². The molecule has 0 aromatic heterocycles. The van der Waals surface area contributed by atoms with Gasteiger partial charge in [-0.05, 0) is 17.9 Å². The van der Waals surface area contributed by atoms with Crippen LogP contribution in [0.3, 0.4) is 0 Å². The maximum Gasteiger partial charge on any atom is 0.320 e. The van der Waals surface area contributed by atoms with Gasteiger partial charge in [-0.25, -0.2) is 0 Å². The molecular formula is C6H13NO2S. The second kappa shape index (κ2) is 5.56. The van der Waals surface area contributed by atoms with Gasteiger partial charge < -0.3 is 10.8 Å². The Morgan fingerprint density at radius 2 is 2.70 bits per heavy atom. The molecule has 0 saturated heterocycles. The molecule has 60 valence electrons. The molecule has 3 N–H and O–H groups in total. The molecule has 0 aliphatic rings. The standard InChI is InChI=1S/C6H13NO2S/c1-2-10-4-3-5(7)6(8)9/h5H,2-4,7H2,1H3,(H,8,9)/t5-/m0/s1/i/hD. The van der Waals surface area contributed by atoms with Gasteiger partial charge in [-0.3, -0.25) is 4.79 Å². The molecule has 0 bridgehead atoms. The molecule has 0 aromatic rings. The summed E-state index contributed by atoms with van der Waals surface area (Å²) in [6, 6.07) is -0.633. The number of carboxylic acids is 1. The average Bonchev–Trinajstić information content (AvgIpc) is 2.03. The number of thioether (sulfide) groups is 1. The third kappa shape index (κ3) is 4.64. The summed E-state index contributed by atoms with van der Waals surface area (Å²) in [6.45, 7) is 2.04. The van der Waals surface area contributed by atoms with E-state index in [1.165, 1.54) is 0 Å². The minimum atomic E-state index is -0.651. The molecule has 0 unspecified atom stereocenters. The molecule has 0 amide bonds. The number of rotatable bonds is 5. The van der Waals surface area contributed by atoms with Crippen molar-refractivity contribution in [2.45, 2.75) is 19.4 Å². The van der Waals surface area contributed by atoms with Crippen molar-refractivity contribution in [2.75, 3.05) is 11.5 Å². The van der Waals surface area contributed by atoms with Crippen LogP contribution >= 0.6 is 11.8 Å². The molecule has 4 heteroatoms. The normalized spacial score (nSPS) is 14.0. The summed E-state index contributed by atoms with van der Waals surface area (Å²) in [5.41, 5.74) is 5.36. The quantitative estimate of drug-likeness (QED) is 0.582. The molecule has 0 aliphatic heterocycles. The maximum atomic E-state index is 10.6. The van der Waals surface area contributed by atoms with Crippen molar-refractivity contribution in [3.05, 3.63) is 0 Å². The molecule has 0 fully saturated rings. The van der Waals surface area contributed by atoms with Crippen molar-refractivity contribution in [1.82, 2.24) is 0 Å². The van der Waals surface area contributed by atoms with Crippen LogP contribution < -0.4 is 5.73 Å². The Labute approximate surface area is 66.5 Å². The first-order chi connectivity index (χ1) is 5.22. The van der Waals surface area contributed by atoms with E-state index in [2.05, 4.69) is 5.11 Å². The Balaban J connectivity index is 3.36. The number of aliphatic carboxylic acids is 1. The van der Waals surface area contributed by atoms with Crippen molar-refractivity contribution in [3.63, 3.8) is 0 Å². The van der Waals surface area contributed by atoms with Crippen molar-refractivity contribution < 1.29 is 9.90 Å². The summed E-state index contributed by atoms with van der Waals surface area (Å²) >= 11 is 1.72. The van der Waals surface area contributed by atoms with E-state index in [4.69, 9.17) is 7.16 Å². The van der Waals surface area contributed by atoms with E-state index in [1.54, 1.807) is 11.8 Å². The number of hydrogen-bond donors (Lipinski definition) is 2. The molecule has 10 heavy (non-hydrogen) atoms. The van der Waals surface area contributed by atoms with Gasteiger partial charge in [-0.15, -0.1) is 0 Å². The van der Waals surface area contributed by atoms with Gasteiger partial charge in [0.05, 0.1) is 0 Å². The summed E-state index contributed by atoms with van der Waals surface area (Å²) in [7, 11) is 0. The molecule has 0 rings (SSSR count). The van der Waals surface area contributed by atoms with Crippen LogP contribution in [0, 0.1) is 0 Å². The highest BCUT2D eigenvalue weighted by Gasteiger charge is 2.09. The fourth-order valence-electron chi connectivity index (χ4n) is 0.472. The third-order valence-electron chi connectivity index (χ3n) is 1.08. The Hall–Kier alpha value is -0.220. The second-order valence-electron chi connectivity index (χ2n) is 1.91. The van der Waals surface area contributed by atoms with E-state index in [9.17, 15) is 4.79 Å². The predicted molar refractivity (Wildman–Crippen MR) is 43.2 cm³/mol. The van der Waals surface area contributed by atoms with Crippen molar-refractivity contribution >= 4 is 17.7 Å². The summed E-state index contributed by atoms with van der Waals surface area (Å²) in [5.74, 6) is 1.21. The Kier molecular flexibility index (Phi) is 4.38. The lowest BCUT2D eigenvalue weighted by atomic mass is 10.2. The highest BCUT2D eigenvalue weighted by atomic mass is 32.2. The van der Waals surface area contributed by atoms with E-state index in [-0.39, 0.29) is 0 Å². The fourth-order valence-corrected chi connectivity index (χ4v) is 1.18. The largest absolute Gasteiger partial charge is 0.480 e. The Bertz CT molecular complexity index is 123. The third-order valence-corrected chi connectivity index (χ3v) is 2.01. The highest BCUT2D eigenvalue weighted by Crippen LogP contribution is 2.02. The zero-order chi connectivity index (χ0) is 8.69. The SMILES string of the molecule is [2H]OC(=O)[C@@H](N)CCSCC. The van der Waals surface area contributed by atoms with Gasteiger partial charge in [0.25, 0.3) is 1.43 Å². The van der Waals surface area contributed by atoms with E-state index in [0.717, 1.165) is 11.5 Å². The van der Waals surface area contributed by atoms with Crippen LogP contribution in [-0.2, 0) is 4.79 Å². The van der Waals surface area contributed by atoms with Gasteiger partial charge >= 0.3 is 5.97 Å². The predicted octanol–water partition coefficient (Wildman–Crippen LogP) is 0.542. The first-order valence-electron chi connectivity index (χ1n) is 3.63. The molecule has 0 aromatic carbocycles. The van der Waals surface area contributed by atoms with Crippen molar-refractivity contribution in [3.8, 4) is 0 Å². The summed E-state index contributed by atoms with van der Waals surface area (Å²) in [5, 5.41) is 3.72. The first kappa shape index (κ1) is 7.88. The smallest absolute Gasteiger partial charge is 0.320 e. The summed E-state index contributed by atoms with van der Waals surface area (Å²) in [6.07, 6.45) is 0.580. The molecule has 0 heterocycles. The van der Waals surface area contributed by atoms with Crippen LogP contribution in [0.4, 0.5) is 0 Å². The Morgan fingerprint density at radius 3 is 3.20 bits per heavy atom. The summed E-state index contributed by atoms with van der Waals surface area (Å²) in [4.78, 5) is 10.6. The zero-order valence-electron chi connectivity index (χ0n) is 7.00. The molecule has 1 atom stereocenters. The lowest BCUT2D eigenvalue weighted by Gasteiger charge is -2.03. The average molecular weight is 164 g/mol. The zero-order valence-corrected chi connectivity index (χ0v) is 6.82. The minimum Gasteiger partial charge on any atom is -0.480 e. The van der Waals surface area contributed by atoms with Crippen LogP contribution in [0.2, 0.25) is 0 Å². The van der Waals surface area contributed by atoms with Gasteiger partial charge in [0.2, 0.25) is 0 Å².